The molecule has 2 heteroatoms. The second-order valence-corrected chi connectivity index (χ2v) is 10.8. The largest absolute Gasteiger partial charge is 0.465 e. The quantitative estimate of drug-likeness (QED) is 0.107. The summed E-state index contributed by atoms with van der Waals surface area (Å²) in [5, 5.41) is 0. The Kier molecular flexibility index (Phi) is 23.2. The lowest BCUT2D eigenvalue weighted by Gasteiger charge is -2.19. The van der Waals surface area contributed by atoms with Crippen molar-refractivity contribution in [3.05, 3.63) is 0 Å². The van der Waals surface area contributed by atoms with Gasteiger partial charge in [0.1, 0.15) is 0 Å². The summed E-state index contributed by atoms with van der Waals surface area (Å²) in [6.45, 7) is 11.8. The Hall–Kier alpha value is -0.530. The molecule has 0 spiro atoms. The zero-order valence-electron chi connectivity index (χ0n) is 22.9. The highest BCUT2D eigenvalue weighted by molar-refractivity contribution is 5.71. The van der Waals surface area contributed by atoms with Gasteiger partial charge in [-0.2, -0.15) is 0 Å². The fourth-order valence-corrected chi connectivity index (χ4v) is 5.06. The molecule has 0 heterocycles. The SMILES string of the molecule is CCCCCCCCCCCCCCCCCCOC(=O)[C@H](C)C[C@H](C)C[C@H](C)CCC. The van der Waals surface area contributed by atoms with E-state index in [0.717, 1.165) is 18.8 Å². The number of esters is 1. The number of carbonyl (C=O) groups excluding carboxylic acids is 1. The topological polar surface area (TPSA) is 26.3 Å². The summed E-state index contributed by atoms with van der Waals surface area (Å²) < 4.78 is 5.54. The van der Waals surface area contributed by atoms with Crippen molar-refractivity contribution in [1.29, 1.82) is 0 Å². The van der Waals surface area contributed by atoms with Gasteiger partial charge in [0.05, 0.1) is 12.5 Å². The second-order valence-electron chi connectivity index (χ2n) is 10.8. The molecule has 0 aromatic carbocycles. The van der Waals surface area contributed by atoms with Gasteiger partial charge in [0.25, 0.3) is 0 Å². The fourth-order valence-electron chi connectivity index (χ4n) is 5.06. The van der Waals surface area contributed by atoms with Crippen LogP contribution in [-0.4, -0.2) is 12.6 Å². The van der Waals surface area contributed by atoms with Gasteiger partial charge in [-0.25, -0.2) is 0 Å². The Morgan fingerprint density at radius 2 is 1.00 bits per heavy atom. The van der Waals surface area contributed by atoms with Crippen LogP contribution < -0.4 is 0 Å². The van der Waals surface area contributed by atoms with E-state index in [1.54, 1.807) is 0 Å². The zero-order chi connectivity index (χ0) is 23.9. The summed E-state index contributed by atoms with van der Waals surface area (Å²) in [6, 6.07) is 0. The number of unbranched alkanes of at least 4 members (excludes halogenated alkanes) is 15. The van der Waals surface area contributed by atoms with E-state index in [1.165, 1.54) is 116 Å². The molecule has 0 aliphatic carbocycles. The summed E-state index contributed by atoms with van der Waals surface area (Å²) in [4.78, 5) is 12.2. The summed E-state index contributed by atoms with van der Waals surface area (Å²) >= 11 is 0. The molecule has 0 bridgehead atoms. The van der Waals surface area contributed by atoms with Crippen LogP contribution in [-0.2, 0) is 9.53 Å². The van der Waals surface area contributed by atoms with Crippen LogP contribution in [0.4, 0.5) is 0 Å². The Balaban J connectivity index is 3.39. The third-order valence-electron chi connectivity index (χ3n) is 6.99. The van der Waals surface area contributed by atoms with Crippen molar-refractivity contribution < 1.29 is 9.53 Å². The average Bonchev–Trinajstić information content (AvgIpc) is 2.75. The van der Waals surface area contributed by atoms with Crippen molar-refractivity contribution in [2.45, 2.75) is 163 Å². The van der Waals surface area contributed by atoms with Gasteiger partial charge in [0.15, 0.2) is 0 Å². The molecule has 32 heavy (non-hydrogen) atoms. The first-order valence-electron chi connectivity index (χ1n) is 14.7. The van der Waals surface area contributed by atoms with Gasteiger partial charge in [0, 0.05) is 0 Å². The number of rotatable bonds is 24. The van der Waals surface area contributed by atoms with E-state index in [1.807, 2.05) is 6.92 Å². The molecule has 0 aromatic rings. The number of hydrogen-bond acceptors (Lipinski definition) is 2. The van der Waals surface area contributed by atoms with E-state index < -0.39 is 0 Å². The first-order valence-corrected chi connectivity index (χ1v) is 14.7. The van der Waals surface area contributed by atoms with Crippen molar-refractivity contribution in [3.8, 4) is 0 Å². The normalized spacial score (nSPS) is 14.3. The third-order valence-corrected chi connectivity index (χ3v) is 6.99. The standard InChI is InChI=1S/C30H60O2/c1-6-8-9-10-11-12-13-14-15-16-17-18-19-20-21-22-24-32-30(31)29(5)26-28(4)25-27(3)23-7-2/h27-29H,6-26H2,1-5H3/t27-,28-,29-/m1/s1. The van der Waals surface area contributed by atoms with Gasteiger partial charge in [-0.15, -0.1) is 0 Å². The lowest BCUT2D eigenvalue weighted by Crippen LogP contribution is -2.18. The van der Waals surface area contributed by atoms with Crippen molar-refractivity contribution >= 4 is 5.97 Å². The minimum absolute atomic E-state index is 0.0148. The summed E-state index contributed by atoms with van der Waals surface area (Å²) in [7, 11) is 0. The molecule has 0 fully saturated rings. The zero-order valence-corrected chi connectivity index (χ0v) is 22.9. The molecule has 0 aliphatic rings. The second kappa shape index (κ2) is 23.6. The average molecular weight is 453 g/mol. The van der Waals surface area contributed by atoms with Crippen LogP contribution in [0.5, 0.6) is 0 Å². The van der Waals surface area contributed by atoms with Gasteiger partial charge in [-0.3, -0.25) is 4.79 Å². The van der Waals surface area contributed by atoms with Crippen LogP contribution in [0, 0.1) is 17.8 Å². The number of hydrogen-bond donors (Lipinski definition) is 0. The Morgan fingerprint density at radius 1 is 0.562 bits per heavy atom. The van der Waals surface area contributed by atoms with E-state index in [0.29, 0.717) is 12.5 Å². The molecule has 0 amide bonds. The Labute approximate surface area is 203 Å². The van der Waals surface area contributed by atoms with E-state index in [4.69, 9.17) is 4.74 Å². The van der Waals surface area contributed by atoms with E-state index in [9.17, 15) is 4.79 Å². The van der Waals surface area contributed by atoms with Crippen LogP contribution >= 0.6 is 0 Å². The maximum absolute atomic E-state index is 12.2. The Bertz CT molecular complexity index is 392. The first-order chi connectivity index (χ1) is 15.5. The number of ether oxygens (including phenoxy) is 1. The lowest BCUT2D eigenvalue weighted by molar-refractivity contribution is -0.148. The maximum atomic E-state index is 12.2. The van der Waals surface area contributed by atoms with Crippen molar-refractivity contribution in [3.63, 3.8) is 0 Å². The van der Waals surface area contributed by atoms with E-state index in [-0.39, 0.29) is 11.9 Å². The molecule has 0 rings (SSSR count). The highest BCUT2D eigenvalue weighted by atomic mass is 16.5. The van der Waals surface area contributed by atoms with Crippen LogP contribution in [0.25, 0.3) is 0 Å². The van der Waals surface area contributed by atoms with Crippen LogP contribution in [0.15, 0.2) is 0 Å². The smallest absolute Gasteiger partial charge is 0.308 e. The van der Waals surface area contributed by atoms with Crippen LogP contribution in [0.2, 0.25) is 0 Å². The molecule has 0 radical (unpaired) electrons. The highest BCUT2D eigenvalue weighted by Gasteiger charge is 2.19. The Morgan fingerprint density at radius 3 is 1.44 bits per heavy atom. The van der Waals surface area contributed by atoms with Crippen LogP contribution in [0.1, 0.15) is 163 Å². The highest BCUT2D eigenvalue weighted by Crippen LogP contribution is 2.23. The molecule has 2 nitrogen and oxygen atoms in total. The molecule has 0 N–H and O–H groups in total. The molecule has 0 unspecified atom stereocenters. The van der Waals surface area contributed by atoms with Gasteiger partial charge in [-0.1, -0.05) is 144 Å². The van der Waals surface area contributed by atoms with Crippen molar-refractivity contribution in [2.75, 3.05) is 6.61 Å². The molecule has 192 valence electrons. The lowest BCUT2D eigenvalue weighted by atomic mass is 9.88. The van der Waals surface area contributed by atoms with Crippen molar-refractivity contribution in [2.24, 2.45) is 17.8 Å². The van der Waals surface area contributed by atoms with E-state index >= 15 is 0 Å². The molecule has 0 aliphatic heterocycles. The predicted octanol–water partition coefficient (Wildman–Crippen LogP) is 10.3. The number of carbonyl (C=O) groups is 1. The van der Waals surface area contributed by atoms with Gasteiger partial charge in [-0.05, 0) is 31.1 Å². The summed E-state index contributed by atoms with van der Waals surface area (Å²) in [5.41, 5.74) is 0. The van der Waals surface area contributed by atoms with Crippen LogP contribution in [0.3, 0.4) is 0 Å². The third kappa shape index (κ3) is 21.3. The monoisotopic (exact) mass is 452 g/mol. The van der Waals surface area contributed by atoms with Crippen molar-refractivity contribution in [1.82, 2.24) is 0 Å². The molecular formula is C30H60O2. The molecule has 0 saturated heterocycles. The minimum atomic E-state index is 0.0148. The fraction of sp³-hybridized carbons (Fsp3) is 0.967. The molecule has 0 saturated carbocycles. The van der Waals surface area contributed by atoms with Gasteiger partial charge < -0.3 is 4.74 Å². The molecule has 0 aromatic heterocycles. The summed E-state index contributed by atoms with van der Waals surface area (Å²) in [5.74, 6) is 1.43. The predicted molar refractivity (Wildman–Crippen MR) is 142 cm³/mol. The summed E-state index contributed by atoms with van der Waals surface area (Å²) in [6.07, 6.45) is 26.7. The van der Waals surface area contributed by atoms with Gasteiger partial charge in [0.2, 0.25) is 0 Å². The van der Waals surface area contributed by atoms with Gasteiger partial charge >= 0.3 is 5.97 Å². The minimum Gasteiger partial charge on any atom is -0.465 e. The molecule has 3 atom stereocenters. The van der Waals surface area contributed by atoms with E-state index in [2.05, 4.69) is 27.7 Å². The maximum Gasteiger partial charge on any atom is 0.308 e. The molecular weight excluding hydrogens is 392 g/mol. The first kappa shape index (κ1) is 31.5.